The highest BCUT2D eigenvalue weighted by molar-refractivity contribution is 7.90. The number of benzene rings is 1. The van der Waals surface area contributed by atoms with Crippen LogP contribution >= 0.6 is 0 Å². The molecule has 3 N–H and O–H groups in total. The van der Waals surface area contributed by atoms with Crippen LogP contribution in [0.25, 0.3) is 0 Å². The summed E-state index contributed by atoms with van der Waals surface area (Å²) in [6.45, 7) is 3.51. The van der Waals surface area contributed by atoms with Crippen LogP contribution in [0.3, 0.4) is 0 Å². The molecule has 0 aliphatic heterocycles. The third-order valence-electron chi connectivity index (χ3n) is 2.64. The fourth-order valence-corrected chi connectivity index (χ4v) is 2.00. The Bertz CT molecular complexity index is 585. The minimum absolute atomic E-state index is 0.0673. The average Bonchev–Trinajstić information content (AvgIpc) is 2.29. The van der Waals surface area contributed by atoms with E-state index in [-0.39, 0.29) is 16.5 Å². The van der Waals surface area contributed by atoms with Crippen molar-refractivity contribution in [2.45, 2.75) is 24.8 Å². The summed E-state index contributed by atoms with van der Waals surface area (Å²) in [5.74, 6) is -1.38. The predicted molar refractivity (Wildman–Crippen MR) is 71.0 cm³/mol. The van der Waals surface area contributed by atoms with E-state index in [1.807, 2.05) is 0 Å². The van der Waals surface area contributed by atoms with Crippen LogP contribution in [0.2, 0.25) is 0 Å². The zero-order valence-electron chi connectivity index (χ0n) is 11.0. The van der Waals surface area contributed by atoms with Gasteiger partial charge < -0.3 is 11.1 Å². The largest absolute Gasteiger partial charge is 0.322 e. The molecule has 1 amide bonds. The van der Waals surface area contributed by atoms with Crippen molar-refractivity contribution in [1.29, 1.82) is 0 Å². The molecule has 0 aromatic heterocycles. The Hall–Kier alpha value is -1.47. The molecule has 0 heterocycles. The fraction of sp³-hybridized carbons (Fsp3) is 0.417. The van der Waals surface area contributed by atoms with Crippen LogP contribution in [-0.4, -0.2) is 26.6 Å². The van der Waals surface area contributed by atoms with Crippen LogP contribution in [0.15, 0.2) is 23.1 Å². The summed E-state index contributed by atoms with van der Waals surface area (Å²) in [7, 11) is -3.46. The number of hydrogen-bond acceptors (Lipinski definition) is 4. The van der Waals surface area contributed by atoms with Crippen LogP contribution in [0.1, 0.15) is 13.8 Å². The molecule has 106 valence electrons. The lowest BCUT2D eigenvalue weighted by Gasteiger charge is -2.16. The number of hydrogen-bond donors (Lipinski definition) is 2. The van der Waals surface area contributed by atoms with Crippen LogP contribution < -0.4 is 11.1 Å². The molecule has 1 aromatic carbocycles. The first kappa shape index (κ1) is 15.6. The molecule has 0 aliphatic rings. The Labute approximate surface area is 111 Å². The van der Waals surface area contributed by atoms with Gasteiger partial charge in [-0.1, -0.05) is 13.8 Å². The third kappa shape index (κ3) is 4.00. The average molecular weight is 288 g/mol. The number of carbonyl (C=O) groups excluding carboxylic acids is 1. The third-order valence-corrected chi connectivity index (χ3v) is 3.76. The minimum Gasteiger partial charge on any atom is -0.322 e. The van der Waals surface area contributed by atoms with Gasteiger partial charge >= 0.3 is 0 Å². The van der Waals surface area contributed by atoms with Crippen LogP contribution in [0.4, 0.5) is 10.1 Å². The molecule has 1 aromatic rings. The molecule has 0 saturated carbocycles. The van der Waals surface area contributed by atoms with Gasteiger partial charge in [-0.15, -0.1) is 0 Å². The van der Waals surface area contributed by atoms with Gasteiger partial charge in [0.15, 0.2) is 9.84 Å². The van der Waals surface area contributed by atoms with Crippen molar-refractivity contribution in [2.75, 3.05) is 11.6 Å². The lowest BCUT2D eigenvalue weighted by Crippen LogP contribution is -2.39. The molecule has 7 heteroatoms. The lowest BCUT2D eigenvalue weighted by atomic mass is 10.0. The molecule has 1 unspecified atom stereocenters. The quantitative estimate of drug-likeness (QED) is 0.813. The second-order valence-corrected chi connectivity index (χ2v) is 6.69. The summed E-state index contributed by atoms with van der Waals surface area (Å²) in [5, 5.41) is 2.30. The highest BCUT2D eigenvalue weighted by Crippen LogP contribution is 2.20. The van der Waals surface area contributed by atoms with Gasteiger partial charge in [0.2, 0.25) is 5.91 Å². The van der Waals surface area contributed by atoms with E-state index < -0.39 is 27.6 Å². The van der Waals surface area contributed by atoms with E-state index in [1.54, 1.807) is 13.8 Å². The van der Waals surface area contributed by atoms with E-state index in [0.29, 0.717) is 0 Å². The molecule has 1 rings (SSSR count). The molecule has 19 heavy (non-hydrogen) atoms. The first-order valence-electron chi connectivity index (χ1n) is 5.69. The Morgan fingerprint density at radius 2 is 1.95 bits per heavy atom. The molecule has 0 radical (unpaired) electrons. The molecular weight excluding hydrogens is 271 g/mol. The maximum atomic E-state index is 13.5. The smallest absolute Gasteiger partial charge is 0.241 e. The number of sulfone groups is 1. The molecule has 0 bridgehead atoms. The van der Waals surface area contributed by atoms with Crippen molar-refractivity contribution in [3.63, 3.8) is 0 Å². The summed E-state index contributed by atoms with van der Waals surface area (Å²) in [6.07, 6.45) is 1.01. The van der Waals surface area contributed by atoms with Gasteiger partial charge in [-0.2, -0.15) is 0 Å². The second kappa shape index (κ2) is 5.66. The van der Waals surface area contributed by atoms with Gasteiger partial charge in [-0.05, 0) is 24.1 Å². The van der Waals surface area contributed by atoms with Crippen LogP contribution in [0.5, 0.6) is 0 Å². The molecule has 0 saturated heterocycles. The van der Waals surface area contributed by atoms with E-state index in [4.69, 9.17) is 5.73 Å². The standard InChI is InChI=1S/C12H17FN2O3S/c1-7(2)11(14)12(16)15-10-6-8(19(3,17)18)4-5-9(10)13/h4-7,11H,14H2,1-3H3,(H,15,16). The van der Waals surface area contributed by atoms with Crippen molar-refractivity contribution in [1.82, 2.24) is 0 Å². The van der Waals surface area contributed by atoms with Gasteiger partial charge in [0.05, 0.1) is 16.6 Å². The summed E-state index contributed by atoms with van der Waals surface area (Å²) < 4.78 is 36.3. The minimum atomic E-state index is -3.46. The van der Waals surface area contributed by atoms with E-state index >= 15 is 0 Å². The molecular formula is C12H17FN2O3S. The van der Waals surface area contributed by atoms with Crippen molar-refractivity contribution < 1.29 is 17.6 Å². The number of rotatable bonds is 4. The number of amides is 1. The van der Waals surface area contributed by atoms with Crippen molar-refractivity contribution in [3.05, 3.63) is 24.0 Å². The molecule has 0 aliphatic carbocycles. The maximum Gasteiger partial charge on any atom is 0.241 e. The van der Waals surface area contributed by atoms with Crippen molar-refractivity contribution >= 4 is 21.4 Å². The van der Waals surface area contributed by atoms with Crippen LogP contribution in [-0.2, 0) is 14.6 Å². The molecule has 5 nitrogen and oxygen atoms in total. The van der Waals surface area contributed by atoms with Gasteiger partial charge in [0, 0.05) is 6.26 Å². The van der Waals surface area contributed by atoms with Gasteiger partial charge in [0.1, 0.15) is 5.82 Å². The molecule has 0 spiro atoms. The monoisotopic (exact) mass is 288 g/mol. The first-order chi connectivity index (χ1) is 8.62. The van der Waals surface area contributed by atoms with E-state index in [0.717, 1.165) is 24.5 Å². The lowest BCUT2D eigenvalue weighted by molar-refractivity contribution is -0.118. The van der Waals surface area contributed by atoms with Crippen molar-refractivity contribution in [2.24, 2.45) is 11.7 Å². The number of nitrogens with one attached hydrogen (secondary N) is 1. The number of halogens is 1. The van der Waals surface area contributed by atoms with E-state index in [9.17, 15) is 17.6 Å². The maximum absolute atomic E-state index is 13.5. The fourth-order valence-electron chi connectivity index (χ4n) is 1.35. The zero-order valence-corrected chi connectivity index (χ0v) is 11.8. The van der Waals surface area contributed by atoms with E-state index in [1.165, 1.54) is 0 Å². The molecule has 0 fully saturated rings. The Kier molecular flexibility index (Phi) is 4.65. The number of anilines is 1. The first-order valence-corrected chi connectivity index (χ1v) is 7.58. The Morgan fingerprint density at radius 3 is 2.42 bits per heavy atom. The predicted octanol–water partition coefficient (Wildman–Crippen LogP) is 1.15. The van der Waals surface area contributed by atoms with Gasteiger partial charge in [-0.25, -0.2) is 12.8 Å². The normalized spacial score (nSPS) is 13.4. The van der Waals surface area contributed by atoms with Crippen LogP contribution in [0, 0.1) is 11.7 Å². The Balaban J connectivity index is 3.05. The summed E-state index contributed by atoms with van der Waals surface area (Å²) >= 11 is 0. The van der Waals surface area contributed by atoms with Gasteiger partial charge in [-0.3, -0.25) is 4.79 Å². The summed E-state index contributed by atoms with van der Waals surface area (Å²) in [4.78, 5) is 11.6. The highest BCUT2D eigenvalue weighted by atomic mass is 32.2. The van der Waals surface area contributed by atoms with Crippen molar-refractivity contribution in [3.8, 4) is 0 Å². The van der Waals surface area contributed by atoms with Gasteiger partial charge in [0.25, 0.3) is 0 Å². The Morgan fingerprint density at radius 1 is 1.37 bits per heavy atom. The number of nitrogens with two attached hydrogens (primary N) is 1. The SMILES string of the molecule is CC(C)C(N)C(=O)Nc1cc(S(C)(=O)=O)ccc1F. The van der Waals surface area contributed by atoms with E-state index in [2.05, 4.69) is 5.32 Å². The topological polar surface area (TPSA) is 89.3 Å². The molecule has 1 atom stereocenters. The summed E-state index contributed by atoms with van der Waals surface area (Å²) in [6, 6.07) is 2.42. The zero-order chi connectivity index (χ0) is 14.8. The number of carbonyl (C=O) groups is 1. The second-order valence-electron chi connectivity index (χ2n) is 4.67. The summed E-state index contributed by atoms with van der Waals surface area (Å²) in [5.41, 5.74) is 5.44. The highest BCUT2D eigenvalue weighted by Gasteiger charge is 2.19.